The summed E-state index contributed by atoms with van der Waals surface area (Å²) in [4.78, 5) is 22.7. The Morgan fingerprint density at radius 2 is 1.62 bits per heavy atom. The fourth-order valence-corrected chi connectivity index (χ4v) is 1.85. The molecule has 0 aliphatic rings. The second-order valence-electron chi connectivity index (χ2n) is 5.41. The van der Waals surface area contributed by atoms with Crippen LogP contribution in [0.3, 0.4) is 0 Å². The van der Waals surface area contributed by atoms with E-state index in [1.165, 1.54) is 12.1 Å². The van der Waals surface area contributed by atoms with E-state index in [0.29, 0.717) is 0 Å². The van der Waals surface area contributed by atoms with Crippen molar-refractivity contribution in [3.05, 3.63) is 29.8 Å². The Morgan fingerprint density at radius 3 is 2.05 bits per heavy atom. The SMILES string of the molecule is CC(C)(CC(=O)O)CC(=O)c1ccc(OC(F)(F)F)cc1. The van der Waals surface area contributed by atoms with Gasteiger partial charge in [0, 0.05) is 12.0 Å². The van der Waals surface area contributed by atoms with Crippen LogP contribution in [0.4, 0.5) is 13.2 Å². The molecule has 1 N–H and O–H groups in total. The maximum absolute atomic E-state index is 12.0. The van der Waals surface area contributed by atoms with Gasteiger partial charge in [-0.25, -0.2) is 0 Å². The molecule has 0 bridgehead atoms. The van der Waals surface area contributed by atoms with Gasteiger partial charge in [0.1, 0.15) is 5.75 Å². The van der Waals surface area contributed by atoms with Gasteiger partial charge in [-0.05, 0) is 29.7 Å². The van der Waals surface area contributed by atoms with Crippen molar-refractivity contribution in [2.24, 2.45) is 5.41 Å². The predicted octanol–water partition coefficient (Wildman–Crippen LogP) is 3.66. The highest BCUT2D eigenvalue weighted by Crippen LogP contribution is 2.28. The molecule has 0 saturated heterocycles. The maximum Gasteiger partial charge on any atom is 0.573 e. The largest absolute Gasteiger partial charge is 0.573 e. The fourth-order valence-electron chi connectivity index (χ4n) is 1.85. The van der Waals surface area contributed by atoms with Crippen LogP contribution in [-0.2, 0) is 4.79 Å². The molecule has 7 heteroatoms. The number of hydrogen-bond donors (Lipinski definition) is 1. The van der Waals surface area contributed by atoms with Crippen molar-refractivity contribution >= 4 is 11.8 Å². The molecule has 0 fully saturated rings. The van der Waals surface area contributed by atoms with Crippen molar-refractivity contribution < 1.29 is 32.6 Å². The summed E-state index contributed by atoms with van der Waals surface area (Å²) in [5.41, 5.74) is -0.521. The van der Waals surface area contributed by atoms with Crippen LogP contribution < -0.4 is 4.74 Å². The third-order valence-corrected chi connectivity index (χ3v) is 2.68. The lowest BCUT2D eigenvalue weighted by Crippen LogP contribution is -2.21. The van der Waals surface area contributed by atoms with Gasteiger partial charge < -0.3 is 9.84 Å². The standard InChI is InChI=1S/C14H15F3O4/c1-13(2,8-12(19)20)7-11(18)9-3-5-10(6-4-9)21-14(15,16)17/h3-6H,7-8H2,1-2H3,(H,19,20). The minimum Gasteiger partial charge on any atom is -0.481 e. The minimum atomic E-state index is -4.78. The van der Waals surface area contributed by atoms with Gasteiger partial charge in [0.2, 0.25) is 0 Å². The average molecular weight is 304 g/mol. The number of hydrogen-bond acceptors (Lipinski definition) is 3. The number of Topliss-reactive ketones (excluding diaryl/α,β-unsaturated/α-hetero) is 1. The number of benzene rings is 1. The summed E-state index contributed by atoms with van der Waals surface area (Å²) >= 11 is 0. The summed E-state index contributed by atoms with van der Waals surface area (Å²) in [6.45, 7) is 3.28. The lowest BCUT2D eigenvalue weighted by molar-refractivity contribution is -0.274. The first kappa shape index (κ1) is 17.0. The molecule has 0 amide bonds. The van der Waals surface area contributed by atoms with Crippen LogP contribution in [0.2, 0.25) is 0 Å². The van der Waals surface area contributed by atoms with Crippen LogP contribution in [0.1, 0.15) is 37.0 Å². The van der Waals surface area contributed by atoms with Gasteiger partial charge in [0.15, 0.2) is 5.78 Å². The summed E-state index contributed by atoms with van der Waals surface area (Å²) in [5.74, 6) is -1.76. The number of ketones is 1. The number of carboxylic acid groups (broad SMARTS) is 1. The zero-order chi connectivity index (χ0) is 16.3. The lowest BCUT2D eigenvalue weighted by Gasteiger charge is -2.21. The summed E-state index contributed by atoms with van der Waals surface area (Å²) in [6.07, 6.45) is -4.97. The molecule has 0 heterocycles. The second kappa shape index (κ2) is 6.15. The Morgan fingerprint density at radius 1 is 1.10 bits per heavy atom. The number of carbonyl (C=O) groups excluding carboxylic acids is 1. The van der Waals surface area contributed by atoms with E-state index < -0.39 is 23.5 Å². The van der Waals surface area contributed by atoms with Crippen LogP contribution in [0.15, 0.2) is 24.3 Å². The molecule has 0 aliphatic heterocycles. The number of carboxylic acids is 1. The first-order valence-corrected chi connectivity index (χ1v) is 6.09. The van der Waals surface area contributed by atoms with Crippen LogP contribution >= 0.6 is 0 Å². The van der Waals surface area contributed by atoms with Crippen molar-refractivity contribution in [1.82, 2.24) is 0 Å². The Hall–Kier alpha value is -2.05. The molecule has 4 nitrogen and oxygen atoms in total. The molecular weight excluding hydrogens is 289 g/mol. The molecule has 0 aliphatic carbocycles. The van der Waals surface area contributed by atoms with Crippen molar-refractivity contribution in [3.63, 3.8) is 0 Å². The molecule has 116 valence electrons. The summed E-state index contributed by atoms with van der Waals surface area (Å²) in [7, 11) is 0. The third kappa shape index (κ3) is 6.29. The Bertz CT molecular complexity index is 518. The number of ether oxygens (including phenoxy) is 1. The van der Waals surface area contributed by atoms with Crippen molar-refractivity contribution in [3.8, 4) is 5.75 Å². The van der Waals surface area contributed by atoms with E-state index in [-0.39, 0.29) is 24.2 Å². The van der Waals surface area contributed by atoms with E-state index >= 15 is 0 Å². The number of halogens is 3. The molecule has 1 aromatic carbocycles. The highest BCUT2D eigenvalue weighted by atomic mass is 19.4. The topological polar surface area (TPSA) is 63.6 Å². The molecule has 0 atom stereocenters. The molecule has 21 heavy (non-hydrogen) atoms. The number of rotatable bonds is 6. The average Bonchev–Trinajstić information content (AvgIpc) is 2.24. The van der Waals surface area contributed by atoms with Gasteiger partial charge in [-0.1, -0.05) is 13.8 Å². The lowest BCUT2D eigenvalue weighted by atomic mass is 9.82. The highest BCUT2D eigenvalue weighted by molar-refractivity contribution is 5.96. The summed E-state index contributed by atoms with van der Waals surface area (Å²) < 4.78 is 39.7. The smallest absolute Gasteiger partial charge is 0.481 e. The normalized spacial score (nSPS) is 12.0. The number of alkyl halides is 3. The Labute approximate surface area is 119 Å². The molecule has 0 spiro atoms. The summed E-state index contributed by atoms with van der Waals surface area (Å²) in [5, 5.41) is 8.74. The first-order chi connectivity index (χ1) is 9.48. The Kier molecular flexibility index (Phi) is 4.98. The zero-order valence-electron chi connectivity index (χ0n) is 11.5. The van der Waals surface area contributed by atoms with Crippen molar-refractivity contribution in [2.45, 2.75) is 33.1 Å². The van der Waals surface area contributed by atoms with Gasteiger partial charge in [0.25, 0.3) is 0 Å². The van der Waals surface area contributed by atoms with Crippen LogP contribution in [-0.4, -0.2) is 23.2 Å². The molecule has 1 rings (SSSR count). The van der Waals surface area contributed by atoms with E-state index in [1.54, 1.807) is 13.8 Å². The highest BCUT2D eigenvalue weighted by Gasteiger charge is 2.31. The van der Waals surface area contributed by atoms with Crippen molar-refractivity contribution in [2.75, 3.05) is 0 Å². The van der Waals surface area contributed by atoms with Gasteiger partial charge in [-0.3, -0.25) is 9.59 Å². The summed E-state index contributed by atoms with van der Waals surface area (Å²) in [6, 6.07) is 4.54. The van der Waals surface area contributed by atoms with Crippen LogP contribution in [0.25, 0.3) is 0 Å². The van der Waals surface area contributed by atoms with E-state index in [0.717, 1.165) is 12.1 Å². The van der Waals surface area contributed by atoms with Crippen LogP contribution in [0, 0.1) is 5.41 Å². The van der Waals surface area contributed by atoms with E-state index in [2.05, 4.69) is 4.74 Å². The second-order valence-corrected chi connectivity index (χ2v) is 5.41. The quantitative estimate of drug-likeness (QED) is 0.815. The Balaban J connectivity index is 2.73. The van der Waals surface area contributed by atoms with Gasteiger partial charge in [0.05, 0.1) is 6.42 Å². The minimum absolute atomic E-state index is 0.0151. The van der Waals surface area contributed by atoms with E-state index in [9.17, 15) is 22.8 Å². The molecular formula is C14H15F3O4. The third-order valence-electron chi connectivity index (χ3n) is 2.68. The van der Waals surface area contributed by atoms with Gasteiger partial charge in [-0.2, -0.15) is 0 Å². The van der Waals surface area contributed by atoms with Gasteiger partial charge >= 0.3 is 12.3 Å². The maximum atomic E-state index is 12.0. The first-order valence-electron chi connectivity index (χ1n) is 6.09. The number of carbonyl (C=O) groups is 2. The van der Waals surface area contributed by atoms with Crippen LogP contribution in [0.5, 0.6) is 5.75 Å². The predicted molar refractivity (Wildman–Crippen MR) is 68.1 cm³/mol. The molecule has 0 radical (unpaired) electrons. The van der Waals surface area contributed by atoms with Crippen molar-refractivity contribution in [1.29, 1.82) is 0 Å². The zero-order valence-corrected chi connectivity index (χ0v) is 11.5. The fraction of sp³-hybridized carbons (Fsp3) is 0.429. The molecule has 0 saturated carbocycles. The molecule has 0 unspecified atom stereocenters. The number of aliphatic carboxylic acids is 1. The monoisotopic (exact) mass is 304 g/mol. The van der Waals surface area contributed by atoms with E-state index in [1.807, 2.05) is 0 Å². The van der Waals surface area contributed by atoms with Gasteiger partial charge in [-0.15, -0.1) is 13.2 Å². The molecule has 0 aromatic heterocycles. The molecule has 1 aromatic rings. The van der Waals surface area contributed by atoms with E-state index in [4.69, 9.17) is 5.11 Å².